The standard InChI is InChI=1S/C17H17N3O5/c1-2-24-15-5-3-4-6-16(15)25-12-17(21)19-18-11-13-7-9-14(10-8-13)20(22)23/h3-11H,2,12H2,1H3,(H,19,21)/b18-11-. The van der Waals surface area contributed by atoms with Gasteiger partial charge in [0.15, 0.2) is 18.1 Å². The van der Waals surface area contributed by atoms with Gasteiger partial charge in [-0.25, -0.2) is 5.43 Å². The molecule has 0 saturated carbocycles. The van der Waals surface area contributed by atoms with Gasteiger partial charge < -0.3 is 9.47 Å². The first kappa shape index (κ1) is 17.9. The Morgan fingerprint density at radius 3 is 2.40 bits per heavy atom. The van der Waals surface area contributed by atoms with E-state index in [0.29, 0.717) is 23.7 Å². The van der Waals surface area contributed by atoms with Crippen LogP contribution < -0.4 is 14.9 Å². The molecule has 2 aromatic carbocycles. The topological polar surface area (TPSA) is 103 Å². The molecule has 0 atom stereocenters. The van der Waals surface area contributed by atoms with Crippen LogP contribution in [-0.4, -0.2) is 30.3 Å². The predicted octanol–water partition coefficient (Wildman–Crippen LogP) is 2.52. The van der Waals surface area contributed by atoms with Gasteiger partial charge >= 0.3 is 0 Å². The highest BCUT2D eigenvalue weighted by atomic mass is 16.6. The van der Waals surface area contributed by atoms with Gasteiger partial charge in [-0.3, -0.25) is 14.9 Å². The summed E-state index contributed by atoms with van der Waals surface area (Å²) >= 11 is 0. The first-order chi connectivity index (χ1) is 12.1. The van der Waals surface area contributed by atoms with Crippen molar-refractivity contribution in [2.24, 2.45) is 5.10 Å². The van der Waals surface area contributed by atoms with Gasteiger partial charge in [0.05, 0.1) is 17.7 Å². The molecule has 1 amide bonds. The van der Waals surface area contributed by atoms with E-state index < -0.39 is 10.8 Å². The van der Waals surface area contributed by atoms with Crippen LogP contribution in [0, 0.1) is 10.1 Å². The molecule has 25 heavy (non-hydrogen) atoms. The zero-order valence-corrected chi connectivity index (χ0v) is 13.5. The third kappa shape index (κ3) is 5.61. The van der Waals surface area contributed by atoms with E-state index in [1.165, 1.54) is 30.5 Å². The lowest BCUT2D eigenvalue weighted by Crippen LogP contribution is -2.24. The number of nitro groups is 1. The van der Waals surface area contributed by atoms with E-state index in [1.54, 1.807) is 18.2 Å². The molecule has 0 saturated heterocycles. The van der Waals surface area contributed by atoms with E-state index in [-0.39, 0.29) is 12.3 Å². The van der Waals surface area contributed by atoms with Gasteiger partial charge in [-0.1, -0.05) is 12.1 Å². The maximum absolute atomic E-state index is 11.7. The van der Waals surface area contributed by atoms with E-state index in [0.717, 1.165) is 0 Å². The summed E-state index contributed by atoms with van der Waals surface area (Å²) in [5.74, 6) is 0.593. The van der Waals surface area contributed by atoms with E-state index in [9.17, 15) is 14.9 Å². The molecule has 0 unspecified atom stereocenters. The van der Waals surface area contributed by atoms with E-state index in [4.69, 9.17) is 9.47 Å². The van der Waals surface area contributed by atoms with Crippen LogP contribution in [0.5, 0.6) is 11.5 Å². The molecule has 2 rings (SSSR count). The van der Waals surface area contributed by atoms with Crippen LogP contribution >= 0.6 is 0 Å². The fraction of sp³-hybridized carbons (Fsp3) is 0.176. The van der Waals surface area contributed by atoms with Crippen molar-refractivity contribution in [3.05, 3.63) is 64.2 Å². The monoisotopic (exact) mass is 343 g/mol. The fourth-order valence-corrected chi connectivity index (χ4v) is 1.88. The molecule has 0 bridgehead atoms. The predicted molar refractivity (Wildman–Crippen MR) is 91.9 cm³/mol. The second kappa shape index (κ2) is 9.02. The molecule has 0 spiro atoms. The molecule has 8 heteroatoms. The number of carbonyl (C=O) groups is 1. The van der Waals surface area contributed by atoms with Gasteiger partial charge in [0.25, 0.3) is 11.6 Å². The van der Waals surface area contributed by atoms with Gasteiger partial charge in [0.2, 0.25) is 0 Å². The number of carbonyl (C=O) groups excluding carboxylic acids is 1. The highest BCUT2D eigenvalue weighted by Gasteiger charge is 2.07. The minimum Gasteiger partial charge on any atom is -0.490 e. The van der Waals surface area contributed by atoms with Crippen LogP contribution in [-0.2, 0) is 4.79 Å². The van der Waals surface area contributed by atoms with Crippen molar-refractivity contribution in [3.8, 4) is 11.5 Å². The quantitative estimate of drug-likeness (QED) is 0.451. The first-order valence-electron chi connectivity index (χ1n) is 7.51. The summed E-state index contributed by atoms with van der Waals surface area (Å²) in [5, 5.41) is 14.3. The van der Waals surface area contributed by atoms with E-state index in [2.05, 4.69) is 10.5 Å². The summed E-state index contributed by atoms with van der Waals surface area (Å²) in [4.78, 5) is 21.8. The minimum atomic E-state index is -0.486. The Balaban J connectivity index is 1.83. The van der Waals surface area contributed by atoms with E-state index >= 15 is 0 Å². The number of amides is 1. The van der Waals surface area contributed by atoms with Crippen molar-refractivity contribution < 1.29 is 19.2 Å². The third-order valence-electron chi connectivity index (χ3n) is 3.01. The Morgan fingerprint density at radius 2 is 1.80 bits per heavy atom. The number of nitrogens with zero attached hydrogens (tertiary/aromatic N) is 2. The molecule has 0 aliphatic carbocycles. The molecule has 0 aliphatic rings. The maximum Gasteiger partial charge on any atom is 0.277 e. The molecule has 0 fully saturated rings. The number of ether oxygens (including phenoxy) is 2. The molecule has 2 aromatic rings. The minimum absolute atomic E-state index is 0.0115. The highest BCUT2D eigenvalue weighted by molar-refractivity contribution is 5.83. The molecular weight excluding hydrogens is 326 g/mol. The normalized spacial score (nSPS) is 10.4. The summed E-state index contributed by atoms with van der Waals surface area (Å²) in [7, 11) is 0. The molecule has 0 heterocycles. The summed E-state index contributed by atoms with van der Waals surface area (Å²) in [6.07, 6.45) is 1.38. The SMILES string of the molecule is CCOc1ccccc1OCC(=O)N/N=C\c1ccc([N+](=O)[O-])cc1. The van der Waals surface area contributed by atoms with E-state index in [1.807, 2.05) is 13.0 Å². The van der Waals surface area contributed by atoms with Crippen molar-refractivity contribution in [3.63, 3.8) is 0 Å². The number of hydrogen-bond donors (Lipinski definition) is 1. The number of para-hydroxylation sites is 2. The van der Waals surface area contributed by atoms with Crippen molar-refractivity contribution >= 4 is 17.8 Å². The van der Waals surface area contributed by atoms with Crippen LogP contribution in [0.3, 0.4) is 0 Å². The Morgan fingerprint density at radius 1 is 1.16 bits per heavy atom. The van der Waals surface area contributed by atoms with Crippen molar-refractivity contribution in [2.75, 3.05) is 13.2 Å². The Kier molecular flexibility index (Phi) is 6.47. The molecule has 130 valence electrons. The molecular formula is C17H17N3O5. The summed E-state index contributed by atoms with van der Waals surface area (Å²) in [6.45, 7) is 2.13. The number of non-ortho nitro benzene ring substituents is 1. The fourth-order valence-electron chi connectivity index (χ4n) is 1.88. The first-order valence-corrected chi connectivity index (χ1v) is 7.51. The summed E-state index contributed by atoms with van der Waals surface area (Å²) in [6, 6.07) is 12.8. The average Bonchev–Trinajstić information content (AvgIpc) is 2.62. The number of nitro benzene ring substituents is 1. The smallest absolute Gasteiger partial charge is 0.277 e. The van der Waals surface area contributed by atoms with Crippen LogP contribution in [0.1, 0.15) is 12.5 Å². The number of nitrogens with one attached hydrogen (secondary N) is 1. The van der Waals surface area contributed by atoms with Gasteiger partial charge in [-0.2, -0.15) is 5.10 Å². The second-order valence-electron chi connectivity index (χ2n) is 4.81. The maximum atomic E-state index is 11.7. The number of rotatable bonds is 8. The number of hydrogen-bond acceptors (Lipinski definition) is 6. The van der Waals surface area contributed by atoms with Crippen molar-refractivity contribution in [1.82, 2.24) is 5.43 Å². The summed E-state index contributed by atoms with van der Waals surface area (Å²) in [5.41, 5.74) is 2.93. The van der Waals surface area contributed by atoms with Crippen LogP contribution in [0.4, 0.5) is 5.69 Å². The lowest BCUT2D eigenvalue weighted by Gasteiger charge is -2.10. The molecule has 0 aliphatic heterocycles. The van der Waals surface area contributed by atoms with Crippen LogP contribution in [0.2, 0.25) is 0 Å². The summed E-state index contributed by atoms with van der Waals surface area (Å²) < 4.78 is 10.8. The van der Waals surface area contributed by atoms with Gasteiger partial charge in [0.1, 0.15) is 0 Å². The molecule has 1 N–H and O–H groups in total. The zero-order valence-electron chi connectivity index (χ0n) is 13.5. The number of hydrazone groups is 1. The second-order valence-corrected chi connectivity index (χ2v) is 4.81. The van der Waals surface area contributed by atoms with Crippen molar-refractivity contribution in [1.29, 1.82) is 0 Å². The lowest BCUT2D eigenvalue weighted by atomic mass is 10.2. The Bertz CT molecular complexity index is 759. The largest absolute Gasteiger partial charge is 0.490 e. The lowest BCUT2D eigenvalue weighted by molar-refractivity contribution is -0.384. The van der Waals surface area contributed by atoms with Gasteiger partial charge in [-0.05, 0) is 36.8 Å². The molecule has 0 radical (unpaired) electrons. The highest BCUT2D eigenvalue weighted by Crippen LogP contribution is 2.26. The molecule has 8 nitrogen and oxygen atoms in total. The van der Waals surface area contributed by atoms with Crippen LogP contribution in [0.15, 0.2) is 53.6 Å². The molecule has 0 aromatic heterocycles. The number of benzene rings is 2. The van der Waals surface area contributed by atoms with Crippen molar-refractivity contribution in [2.45, 2.75) is 6.92 Å². The average molecular weight is 343 g/mol. The van der Waals surface area contributed by atoms with Gasteiger partial charge in [-0.15, -0.1) is 0 Å². The van der Waals surface area contributed by atoms with Gasteiger partial charge in [0, 0.05) is 12.1 Å². The zero-order chi connectivity index (χ0) is 18.1. The Labute approximate surface area is 144 Å². The van der Waals surface area contributed by atoms with Crippen LogP contribution in [0.25, 0.3) is 0 Å². The Hall–Kier alpha value is -3.42. The third-order valence-corrected chi connectivity index (χ3v) is 3.01.